The van der Waals surface area contributed by atoms with E-state index in [4.69, 9.17) is 0 Å². The van der Waals surface area contributed by atoms with Crippen molar-refractivity contribution in [1.29, 1.82) is 0 Å². The maximum absolute atomic E-state index is 14.7. The van der Waals surface area contributed by atoms with Crippen LogP contribution in [0.1, 0.15) is 51.4 Å². The Labute approximate surface area is 192 Å². The number of urea groups is 1. The summed E-state index contributed by atoms with van der Waals surface area (Å²) in [5.41, 5.74) is 0.998. The number of nitrogens with zero attached hydrogens (tertiary/aromatic N) is 3. The molecule has 1 aliphatic carbocycles. The number of nitrogens with one attached hydrogen (secondary N) is 2. The third kappa shape index (κ3) is 4.36. The van der Waals surface area contributed by atoms with Crippen LogP contribution >= 0.6 is 0 Å². The highest BCUT2D eigenvalue weighted by Gasteiger charge is 2.56. The minimum absolute atomic E-state index is 0.0936. The van der Waals surface area contributed by atoms with Crippen LogP contribution in [-0.2, 0) is 9.59 Å². The summed E-state index contributed by atoms with van der Waals surface area (Å²) in [6.45, 7) is 9.47. The molecule has 1 saturated heterocycles. The topological polar surface area (TPSA) is 96.3 Å². The van der Waals surface area contributed by atoms with Crippen molar-refractivity contribution < 1.29 is 18.8 Å². The van der Waals surface area contributed by atoms with Gasteiger partial charge < -0.3 is 10.6 Å². The van der Waals surface area contributed by atoms with Gasteiger partial charge in [-0.15, -0.1) is 0 Å². The maximum atomic E-state index is 14.7. The minimum atomic E-state index is -0.966. The Morgan fingerprint density at radius 1 is 1.24 bits per heavy atom. The van der Waals surface area contributed by atoms with Crippen LogP contribution in [0.2, 0.25) is 0 Å². The Balaban J connectivity index is 1.46. The highest BCUT2D eigenvalue weighted by Crippen LogP contribution is 2.46. The molecule has 1 aromatic heterocycles. The number of carbonyl (C=O) groups is 3. The molecule has 2 heterocycles. The molecular formula is C24H30FN5O3. The second-order valence-corrected chi connectivity index (χ2v) is 10.3. The summed E-state index contributed by atoms with van der Waals surface area (Å²) in [5.74, 6) is -1.22. The van der Waals surface area contributed by atoms with E-state index < -0.39 is 29.8 Å². The van der Waals surface area contributed by atoms with Gasteiger partial charge in [-0.1, -0.05) is 20.8 Å². The van der Waals surface area contributed by atoms with E-state index in [1.54, 1.807) is 6.07 Å². The Bertz CT molecular complexity index is 1140. The number of rotatable bonds is 4. The molecule has 2 atom stereocenters. The van der Waals surface area contributed by atoms with Gasteiger partial charge in [-0.2, -0.15) is 5.10 Å². The summed E-state index contributed by atoms with van der Waals surface area (Å²) in [6.07, 6.45) is 2.06. The van der Waals surface area contributed by atoms with Crippen LogP contribution in [0.3, 0.4) is 0 Å². The molecule has 4 amide bonds. The van der Waals surface area contributed by atoms with Gasteiger partial charge >= 0.3 is 6.03 Å². The van der Waals surface area contributed by atoms with Crippen molar-refractivity contribution in [2.24, 2.45) is 11.3 Å². The third-order valence-electron chi connectivity index (χ3n) is 6.40. The number of imide groups is 1. The van der Waals surface area contributed by atoms with Crippen LogP contribution in [0.4, 0.5) is 14.9 Å². The molecular weight excluding hydrogens is 425 g/mol. The lowest BCUT2D eigenvalue weighted by Gasteiger charge is -2.43. The van der Waals surface area contributed by atoms with E-state index >= 15 is 0 Å². The summed E-state index contributed by atoms with van der Waals surface area (Å²) >= 11 is 0. The van der Waals surface area contributed by atoms with Crippen LogP contribution in [0, 0.1) is 31.0 Å². The van der Waals surface area contributed by atoms with E-state index in [-0.39, 0.29) is 28.6 Å². The van der Waals surface area contributed by atoms with Crippen LogP contribution in [-0.4, -0.2) is 44.6 Å². The molecule has 33 heavy (non-hydrogen) atoms. The van der Waals surface area contributed by atoms with Gasteiger partial charge in [-0.3, -0.25) is 14.5 Å². The highest BCUT2D eigenvalue weighted by atomic mass is 19.1. The molecule has 0 bridgehead atoms. The Morgan fingerprint density at radius 2 is 1.97 bits per heavy atom. The second-order valence-electron chi connectivity index (χ2n) is 10.3. The molecule has 2 aliphatic rings. The fraction of sp³-hybridized carbons (Fsp3) is 0.500. The fourth-order valence-corrected chi connectivity index (χ4v) is 5.62. The number of benzene rings is 1. The van der Waals surface area contributed by atoms with E-state index in [0.29, 0.717) is 12.8 Å². The Morgan fingerprint density at radius 3 is 2.58 bits per heavy atom. The molecule has 2 aromatic rings. The lowest BCUT2D eigenvalue weighted by atomic mass is 9.64. The van der Waals surface area contributed by atoms with Gasteiger partial charge in [0, 0.05) is 11.4 Å². The average Bonchev–Trinajstić information content (AvgIpc) is 3.11. The molecule has 2 fully saturated rings. The van der Waals surface area contributed by atoms with Crippen LogP contribution in [0.15, 0.2) is 24.3 Å². The van der Waals surface area contributed by atoms with Crippen LogP contribution in [0.5, 0.6) is 0 Å². The lowest BCUT2D eigenvalue weighted by molar-refractivity contribution is -0.136. The normalized spacial score (nSPS) is 24.3. The lowest BCUT2D eigenvalue weighted by Crippen LogP contribution is -2.54. The molecule has 1 aliphatic heterocycles. The number of hydrogen-bond donors (Lipinski definition) is 2. The van der Waals surface area contributed by atoms with E-state index in [1.165, 1.54) is 16.8 Å². The van der Waals surface area contributed by atoms with Gasteiger partial charge in [0.15, 0.2) is 5.82 Å². The Kier molecular flexibility index (Phi) is 5.54. The van der Waals surface area contributed by atoms with Crippen LogP contribution < -0.4 is 10.6 Å². The third-order valence-corrected chi connectivity index (χ3v) is 6.40. The smallest absolute Gasteiger partial charge is 0.324 e. The van der Waals surface area contributed by atoms with Gasteiger partial charge in [0.2, 0.25) is 5.91 Å². The van der Waals surface area contributed by atoms with Crippen LogP contribution in [0.25, 0.3) is 5.69 Å². The highest BCUT2D eigenvalue weighted by molar-refractivity contribution is 6.10. The first-order chi connectivity index (χ1) is 15.4. The first kappa shape index (κ1) is 22.9. The van der Waals surface area contributed by atoms with Gasteiger partial charge in [0.05, 0.1) is 5.69 Å². The zero-order valence-corrected chi connectivity index (χ0v) is 19.7. The summed E-state index contributed by atoms with van der Waals surface area (Å²) in [5, 5.41) is 9.71. The van der Waals surface area contributed by atoms with E-state index in [1.807, 2.05) is 19.9 Å². The predicted molar refractivity (Wildman–Crippen MR) is 121 cm³/mol. The van der Waals surface area contributed by atoms with Gasteiger partial charge in [-0.05, 0) is 68.7 Å². The maximum Gasteiger partial charge on any atom is 0.325 e. The number of carbonyl (C=O) groups excluding carboxylic acids is 3. The molecule has 176 valence electrons. The first-order valence-corrected chi connectivity index (χ1v) is 11.2. The SMILES string of the molecule is Cc1cc(C)n(-c2ccc(NC(=O)CN3C(=O)N[C@]4(C[C@H](C)CC(C)(C)C4)C3=O)cc2F)n1. The predicted octanol–water partition coefficient (Wildman–Crippen LogP) is 3.70. The first-order valence-electron chi connectivity index (χ1n) is 11.2. The number of aryl methyl sites for hydroxylation is 2. The van der Waals surface area contributed by atoms with Crippen molar-refractivity contribution in [3.8, 4) is 5.69 Å². The van der Waals surface area contributed by atoms with E-state index in [0.717, 1.165) is 22.7 Å². The summed E-state index contributed by atoms with van der Waals surface area (Å²) in [6, 6.07) is 5.56. The standard InChI is InChI=1S/C24H30FN5O3/c1-14-10-23(4,5)13-24(11-14)21(32)29(22(33)27-24)12-20(31)26-17-6-7-19(18(25)9-17)30-16(3)8-15(2)28-30/h6-9,14H,10-13H2,1-5H3,(H,26,31)(H,27,33)/t14-,24+/m1/s1. The fourth-order valence-electron chi connectivity index (χ4n) is 5.62. The van der Waals surface area contributed by atoms with E-state index in [2.05, 4.69) is 36.5 Å². The molecule has 0 unspecified atom stereocenters. The number of halogens is 1. The Hall–Kier alpha value is -3.23. The molecule has 1 spiro atoms. The zero-order chi connectivity index (χ0) is 24.1. The number of amides is 4. The monoisotopic (exact) mass is 455 g/mol. The minimum Gasteiger partial charge on any atom is -0.324 e. The van der Waals surface area contributed by atoms with Crippen molar-refractivity contribution in [3.63, 3.8) is 0 Å². The summed E-state index contributed by atoms with van der Waals surface area (Å²) < 4.78 is 16.2. The number of aromatic nitrogens is 2. The van der Waals surface area contributed by atoms with Crippen molar-refractivity contribution in [2.45, 2.75) is 59.4 Å². The number of anilines is 1. The largest absolute Gasteiger partial charge is 0.325 e. The molecule has 1 saturated carbocycles. The van der Waals surface area contributed by atoms with Crippen molar-refractivity contribution in [1.82, 2.24) is 20.0 Å². The molecule has 1 aromatic carbocycles. The average molecular weight is 456 g/mol. The second kappa shape index (κ2) is 7.97. The van der Waals surface area contributed by atoms with Gasteiger partial charge in [0.1, 0.15) is 17.8 Å². The van der Waals surface area contributed by atoms with Gasteiger partial charge in [0.25, 0.3) is 5.91 Å². The van der Waals surface area contributed by atoms with E-state index in [9.17, 15) is 18.8 Å². The molecule has 9 heteroatoms. The molecule has 2 N–H and O–H groups in total. The molecule has 4 rings (SSSR count). The summed E-state index contributed by atoms with van der Waals surface area (Å²) in [4.78, 5) is 39.4. The van der Waals surface area contributed by atoms with Crippen molar-refractivity contribution in [3.05, 3.63) is 41.5 Å². The zero-order valence-electron chi connectivity index (χ0n) is 19.7. The summed E-state index contributed by atoms with van der Waals surface area (Å²) in [7, 11) is 0. The quantitative estimate of drug-likeness (QED) is 0.687. The van der Waals surface area contributed by atoms with Crippen molar-refractivity contribution >= 4 is 23.5 Å². The van der Waals surface area contributed by atoms with Gasteiger partial charge in [-0.25, -0.2) is 13.9 Å². The molecule has 8 nitrogen and oxygen atoms in total. The van der Waals surface area contributed by atoms with Crippen molar-refractivity contribution in [2.75, 3.05) is 11.9 Å². The number of hydrogen-bond acceptors (Lipinski definition) is 4. The molecule has 0 radical (unpaired) electrons.